The number of nitrogens with one attached hydrogen (secondary N) is 1. The number of carbonyl (C=O) groups is 1. The second-order valence-electron chi connectivity index (χ2n) is 3.30. The first-order valence-electron chi connectivity index (χ1n) is 4.75. The van der Waals surface area contributed by atoms with Crippen LogP contribution in [0.4, 0.5) is 5.00 Å². The summed E-state index contributed by atoms with van der Waals surface area (Å²) < 4.78 is 0. The number of aromatic nitrogens is 1. The van der Waals surface area contributed by atoms with Crippen LogP contribution in [0.5, 0.6) is 0 Å². The van der Waals surface area contributed by atoms with E-state index < -0.39 is 0 Å². The first-order valence-corrected chi connectivity index (χ1v) is 6.33. The Labute approximate surface area is 112 Å². The molecule has 1 aromatic carbocycles. The lowest BCUT2D eigenvalue weighted by Crippen LogP contribution is -2.11. The predicted molar refractivity (Wildman–Crippen MR) is 71.3 cm³/mol. The van der Waals surface area contributed by atoms with Crippen LogP contribution < -0.4 is 5.32 Å². The number of benzene rings is 1. The highest BCUT2D eigenvalue weighted by molar-refractivity contribution is 7.15. The molecule has 0 aliphatic rings. The van der Waals surface area contributed by atoms with Crippen molar-refractivity contribution in [2.24, 2.45) is 0 Å². The van der Waals surface area contributed by atoms with E-state index in [4.69, 9.17) is 23.2 Å². The van der Waals surface area contributed by atoms with Gasteiger partial charge < -0.3 is 5.32 Å². The summed E-state index contributed by atoms with van der Waals surface area (Å²) >= 11 is 13.2. The topological polar surface area (TPSA) is 42.0 Å². The molecule has 88 valence electrons. The van der Waals surface area contributed by atoms with E-state index in [1.807, 2.05) is 6.92 Å². The Morgan fingerprint density at radius 2 is 2.18 bits per heavy atom. The molecule has 0 aliphatic heterocycles. The van der Waals surface area contributed by atoms with Gasteiger partial charge in [-0.15, -0.1) is 11.3 Å². The highest BCUT2D eigenvalue weighted by Crippen LogP contribution is 2.27. The maximum absolute atomic E-state index is 11.9. The fraction of sp³-hybridized carbons (Fsp3) is 0.0909. The molecule has 2 rings (SSSR count). The molecular formula is C11H8Cl2N2OS. The van der Waals surface area contributed by atoms with Crippen LogP contribution in [0.15, 0.2) is 24.4 Å². The number of carbonyl (C=O) groups excluding carboxylic acids is 1. The molecule has 17 heavy (non-hydrogen) atoms. The van der Waals surface area contributed by atoms with Gasteiger partial charge in [-0.25, -0.2) is 4.98 Å². The van der Waals surface area contributed by atoms with Crippen LogP contribution in [0.2, 0.25) is 10.0 Å². The number of amides is 1. The molecule has 1 amide bonds. The van der Waals surface area contributed by atoms with Crippen molar-refractivity contribution in [3.05, 3.63) is 45.0 Å². The third kappa shape index (κ3) is 2.77. The highest BCUT2D eigenvalue weighted by Gasteiger charge is 2.13. The molecule has 3 nitrogen and oxygen atoms in total. The Kier molecular flexibility index (Phi) is 3.66. The molecular weight excluding hydrogens is 279 g/mol. The third-order valence-corrected chi connectivity index (χ3v) is 3.70. The van der Waals surface area contributed by atoms with Gasteiger partial charge in [0, 0.05) is 0 Å². The molecule has 0 saturated carbocycles. The van der Waals surface area contributed by atoms with E-state index in [2.05, 4.69) is 10.3 Å². The van der Waals surface area contributed by atoms with Crippen LogP contribution in [0.1, 0.15) is 15.4 Å². The predicted octanol–water partition coefficient (Wildman–Crippen LogP) is 4.01. The van der Waals surface area contributed by atoms with Gasteiger partial charge in [-0.1, -0.05) is 29.3 Å². The molecule has 6 heteroatoms. The first-order chi connectivity index (χ1) is 8.08. The van der Waals surface area contributed by atoms with Gasteiger partial charge in [0.2, 0.25) is 0 Å². The van der Waals surface area contributed by atoms with Gasteiger partial charge in [0.1, 0.15) is 5.00 Å². The molecule has 0 fully saturated rings. The summed E-state index contributed by atoms with van der Waals surface area (Å²) in [4.78, 5) is 16.0. The van der Waals surface area contributed by atoms with Crippen molar-refractivity contribution in [3.8, 4) is 0 Å². The van der Waals surface area contributed by atoms with Gasteiger partial charge >= 0.3 is 0 Å². The van der Waals surface area contributed by atoms with Gasteiger partial charge in [0.05, 0.1) is 26.8 Å². The molecule has 2 aromatic rings. The summed E-state index contributed by atoms with van der Waals surface area (Å²) in [6.45, 7) is 1.87. The van der Waals surface area contributed by atoms with Crippen molar-refractivity contribution in [3.63, 3.8) is 0 Å². The van der Waals surface area contributed by atoms with Crippen molar-refractivity contribution >= 4 is 45.4 Å². The minimum Gasteiger partial charge on any atom is -0.312 e. The van der Waals surface area contributed by atoms with Crippen LogP contribution >= 0.6 is 34.5 Å². The summed E-state index contributed by atoms with van der Waals surface area (Å²) in [5, 5.41) is 4.91. The zero-order valence-electron chi connectivity index (χ0n) is 8.83. The molecule has 0 saturated heterocycles. The molecule has 0 unspecified atom stereocenters. The number of anilines is 1. The Hall–Kier alpha value is -1.10. The lowest BCUT2D eigenvalue weighted by atomic mass is 10.2. The first kappa shape index (κ1) is 12.4. The van der Waals surface area contributed by atoms with Crippen LogP contribution in [0, 0.1) is 6.92 Å². The molecule has 0 atom stereocenters. The summed E-state index contributed by atoms with van der Waals surface area (Å²) in [6.07, 6.45) is 1.61. The molecule has 0 bridgehead atoms. The zero-order chi connectivity index (χ0) is 12.4. The smallest absolute Gasteiger partial charge is 0.257 e. The number of thiazole rings is 1. The fourth-order valence-corrected chi connectivity index (χ4v) is 2.34. The Balaban J connectivity index is 2.23. The van der Waals surface area contributed by atoms with E-state index in [1.165, 1.54) is 11.3 Å². The average molecular weight is 287 g/mol. The second kappa shape index (κ2) is 5.04. The van der Waals surface area contributed by atoms with Gasteiger partial charge in [0.25, 0.3) is 5.91 Å². The molecule has 0 spiro atoms. The van der Waals surface area contributed by atoms with Gasteiger partial charge in [-0.2, -0.15) is 0 Å². The minimum atomic E-state index is -0.291. The summed E-state index contributed by atoms with van der Waals surface area (Å²) in [6, 6.07) is 4.94. The second-order valence-corrected chi connectivity index (χ2v) is 5.32. The van der Waals surface area contributed by atoms with Crippen molar-refractivity contribution in [1.82, 2.24) is 4.98 Å². The van der Waals surface area contributed by atoms with E-state index in [0.717, 1.165) is 5.01 Å². The maximum atomic E-state index is 11.9. The van der Waals surface area contributed by atoms with Crippen molar-refractivity contribution in [2.75, 3.05) is 5.32 Å². The Morgan fingerprint density at radius 3 is 2.82 bits per heavy atom. The van der Waals surface area contributed by atoms with Crippen molar-refractivity contribution < 1.29 is 4.79 Å². The molecule has 1 N–H and O–H groups in total. The van der Waals surface area contributed by atoms with E-state index in [-0.39, 0.29) is 10.9 Å². The summed E-state index contributed by atoms with van der Waals surface area (Å²) in [7, 11) is 0. The average Bonchev–Trinajstić information content (AvgIpc) is 2.68. The number of halogens is 2. The zero-order valence-corrected chi connectivity index (χ0v) is 11.2. The van der Waals surface area contributed by atoms with E-state index in [0.29, 0.717) is 15.6 Å². The summed E-state index contributed by atoms with van der Waals surface area (Å²) in [5.74, 6) is -0.291. The Morgan fingerprint density at radius 1 is 1.41 bits per heavy atom. The van der Waals surface area contributed by atoms with Crippen molar-refractivity contribution in [1.29, 1.82) is 0 Å². The lowest BCUT2D eigenvalue weighted by Gasteiger charge is -2.05. The monoisotopic (exact) mass is 286 g/mol. The van der Waals surface area contributed by atoms with Crippen LogP contribution in [-0.2, 0) is 0 Å². The van der Waals surface area contributed by atoms with Crippen molar-refractivity contribution in [2.45, 2.75) is 6.92 Å². The third-order valence-electron chi connectivity index (χ3n) is 2.05. The largest absolute Gasteiger partial charge is 0.312 e. The minimum absolute atomic E-state index is 0.257. The fourth-order valence-electron chi connectivity index (χ4n) is 1.28. The highest BCUT2D eigenvalue weighted by atomic mass is 35.5. The van der Waals surface area contributed by atoms with E-state index in [1.54, 1.807) is 24.4 Å². The molecule has 1 aromatic heterocycles. The number of aryl methyl sites for hydroxylation is 1. The number of rotatable bonds is 2. The van der Waals surface area contributed by atoms with Gasteiger partial charge in [0.15, 0.2) is 0 Å². The van der Waals surface area contributed by atoms with E-state index in [9.17, 15) is 4.79 Å². The Bertz CT molecular complexity index is 568. The van der Waals surface area contributed by atoms with E-state index >= 15 is 0 Å². The lowest BCUT2D eigenvalue weighted by molar-refractivity contribution is 0.102. The summed E-state index contributed by atoms with van der Waals surface area (Å²) in [5.41, 5.74) is 0.352. The number of hydrogen-bond donors (Lipinski definition) is 1. The normalized spacial score (nSPS) is 10.3. The van der Waals surface area contributed by atoms with Crippen LogP contribution in [-0.4, -0.2) is 10.9 Å². The molecule has 0 aliphatic carbocycles. The maximum Gasteiger partial charge on any atom is 0.257 e. The standard InChI is InChI=1S/C11H8Cl2N2OS/c1-6-14-5-9(17-6)15-11(16)7-3-2-4-8(12)10(7)13/h2-5H,1H3,(H,15,16). The molecule has 1 heterocycles. The molecule has 0 radical (unpaired) electrons. The number of nitrogens with zero attached hydrogens (tertiary/aromatic N) is 1. The van der Waals surface area contributed by atoms with Gasteiger partial charge in [-0.05, 0) is 19.1 Å². The van der Waals surface area contributed by atoms with Crippen LogP contribution in [0.3, 0.4) is 0 Å². The SMILES string of the molecule is Cc1ncc(NC(=O)c2cccc(Cl)c2Cl)s1. The van der Waals surface area contributed by atoms with Gasteiger partial charge in [-0.3, -0.25) is 4.79 Å². The number of hydrogen-bond acceptors (Lipinski definition) is 3. The quantitative estimate of drug-likeness (QED) is 0.906. The van der Waals surface area contributed by atoms with Crippen LogP contribution in [0.25, 0.3) is 0 Å².